The zero-order chi connectivity index (χ0) is 23.6. The molecule has 6 nitrogen and oxygen atoms in total. The fourth-order valence-corrected chi connectivity index (χ4v) is 3.13. The van der Waals surface area contributed by atoms with Crippen LogP contribution in [0, 0.1) is 11.6 Å². The molecule has 0 aliphatic rings. The van der Waals surface area contributed by atoms with Crippen LogP contribution in [-0.4, -0.2) is 20.0 Å². The first-order valence-electron chi connectivity index (χ1n) is 9.40. The summed E-state index contributed by atoms with van der Waals surface area (Å²) in [6.07, 6.45) is -3.06. The zero-order valence-electron chi connectivity index (χ0n) is 16.5. The Bertz CT molecular complexity index is 1290. The van der Waals surface area contributed by atoms with Crippen molar-refractivity contribution in [3.05, 3.63) is 89.0 Å². The third-order valence-corrected chi connectivity index (χ3v) is 4.61. The van der Waals surface area contributed by atoms with Crippen molar-refractivity contribution in [2.45, 2.75) is 12.7 Å². The maximum Gasteiger partial charge on any atom is 0.433 e. The highest BCUT2D eigenvalue weighted by Crippen LogP contribution is 2.31. The van der Waals surface area contributed by atoms with Crippen molar-refractivity contribution in [1.29, 1.82) is 0 Å². The van der Waals surface area contributed by atoms with Gasteiger partial charge in [0.2, 0.25) is 0 Å². The number of nitrogens with zero attached hydrogens (tertiary/aromatic N) is 4. The number of benzene rings is 2. The van der Waals surface area contributed by atoms with E-state index >= 15 is 0 Å². The number of aromatic nitrogens is 4. The Morgan fingerprint density at radius 3 is 2.58 bits per heavy atom. The van der Waals surface area contributed by atoms with Gasteiger partial charge in [-0.2, -0.15) is 13.2 Å². The molecule has 170 valence electrons. The highest BCUT2D eigenvalue weighted by Gasteiger charge is 2.33. The van der Waals surface area contributed by atoms with Gasteiger partial charge in [-0.25, -0.2) is 18.4 Å². The third kappa shape index (κ3) is 5.55. The first-order chi connectivity index (χ1) is 15.7. The van der Waals surface area contributed by atoms with E-state index in [1.54, 1.807) is 30.5 Å². The summed E-state index contributed by atoms with van der Waals surface area (Å²) in [5, 5.41) is 13.3. The van der Waals surface area contributed by atoms with E-state index in [1.165, 1.54) is 10.7 Å². The lowest BCUT2D eigenvalue weighted by Gasteiger charge is -2.10. The van der Waals surface area contributed by atoms with E-state index in [2.05, 4.69) is 25.9 Å². The summed E-state index contributed by atoms with van der Waals surface area (Å²) in [6, 6.07) is 11.9. The molecule has 33 heavy (non-hydrogen) atoms. The van der Waals surface area contributed by atoms with Crippen LogP contribution < -0.4 is 10.6 Å². The molecule has 0 aliphatic carbocycles. The quantitative estimate of drug-likeness (QED) is 0.263. The van der Waals surface area contributed by atoms with Crippen molar-refractivity contribution < 1.29 is 22.0 Å². The summed E-state index contributed by atoms with van der Waals surface area (Å²) in [7, 11) is 0. The Morgan fingerprint density at radius 2 is 1.79 bits per heavy atom. The van der Waals surface area contributed by atoms with Gasteiger partial charge in [0.05, 0.1) is 24.1 Å². The molecule has 2 aromatic carbocycles. The number of rotatable bonds is 6. The number of nitrogens with one attached hydrogen (secondary N) is 2. The second-order valence-corrected chi connectivity index (χ2v) is 7.26. The molecule has 12 heteroatoms. The lowest BCUT2D eigenvalue weighted by molar-refractivity contribution is -0.141. The van der Waals surface area contributed by atoms with Crippen LogP contribution >= 0.6 is 11.6 Å². The van der Waals surface area contributed by atoms with Crippen LogP contribution in [0.3, 0.4) is 0 Å². The smallest absolute Gasteiger partial charge is 0.379 e. The second kappa shape index (κ2) is 9.02. The predicted molar refractivity (Wildman–Crippen MR) is 113 cm³/mol. The van der Waals surface area contributed by atoms with Crippen LogP contribution in [0.2, 0.25) is 5.15 Å². The molecule has 0 radical (unpaired) electrons. The second-order valence-electron chi connectivity index (χ2n) is 6.87. The number of hydrogen-bond acceptors (Lipinski definition) is 5. The highest BCUT2D eigenvalue weighted by atomic mass is 35.5. The number of pyridine rings is 1. The number of anilines is 3. The Labute approximate surface area is 189 Å². The summed E-state index contributed by atoms with van der Waals surface area (Å²) < 4.78 is 67.4. The molecule has 0 saturated carbocycles. The SMILES string of the molecule is Fc1ccc(F)c(Nc2cccc(-n3cc(CNc4cc(Cl)nc(C(F)(F)F)c4)nn3)c2)c1. The van der Waals surface area contributed by atoms with Gasteiger partial charge in [0.1, 0.15) is 28.2 Å². The molecule has 4 aromatic rings. The first kappa shape index (κ1) is 22.5. The standard InChI is InChI=1S/C21H14ClF5N6/c22-20-9-14(8-19(30-20)21(25,26)27)28-10-15-11-33(32-31-15)16-3-1-2-13(7-16)29-18-6-12(23)4-5-17(18)24/h1-9,11,29H,10H2,(H,28,30). The average Bonchev–Trinajstić information content (AvgIpc) is 3.23. The lowest BCUT2D eigenvalue weighted by atomic mass is 10.2. The van der Waals surface area contributed by atoms with Crippen molar-refractivity contribution in [1.82, 2.24) is 20.0 Å². The molecule has 0 bridgehead atoms. The van der Waals surface area contributed by atoms with Crippen LogP contribution in [0.1, 0.15) is 11.4 Å². The van der Waals surface area contributed by atoms with Crippen molar-refractivity contribution >= 4 is 28.7 Å². The van der Waals surface area contributed by atoms with Crippen molar-refractivity contribution in [3.63, 3.8) is 0 Å². The molecule has 0 spiro atoms. The molecule has 0 amide bonds. The molecular formula is C21H14ClF5N6. The molecule has 0 fully saturated rings. The Kier molecular flexibility index (Phi) is 6.14. The van der Waals surface area contributed by atoms with E-state index in [9.17, 15) is 22.0 Å². The monoisotopic (exact) mass is 480 g/mol. The van der Waals surface area contributed by atoms with Crippen LogP contribution in [-0.2, 0) is 12.7 Å². The average molecular weight is 481 g/mol. The topological polar surface area (TPSA) is 67.7 Å². The molecule has 0 unspecified atom stereocenters. The van der Waals surface area contributed by atoms with Crippen LogP contribution in [0.4, 0.5) is 39.0 Å². The van der Waals surface area contributed by atoms with Crippen LogP contribution in [0.25, 0.3) is 5.69 Å². The van der Waals surface area contributed by atoms with Crippen molar-refractivity contribution in [3.8, 4) is 5.69 Å². The highest BCUT2D eigenvalue weighted by molar-refractivity contribution is 6.29. The maximum absolute atomic E-state index is 13.9. The van der Waals surface area contributed by atoms with E-state index < -0.39 is 23.5 Å². The fourth-order valence-electron chi connectivity index (χ4n) is 2.92. The first-order valence-corrected chi connectivity index (χ1v) is 9.77. The molecule has 4 rings (SSSR count). The molecule has 0 atom stereocenters. The van der Waals surface area contributed by atoms with Gasteiger partial charge in [0.25, 0.3) is 0 Å². The summed E-state index contributed by atoms with van der Waals surface area (Å²) in [5.41, 5.74) is 0.483. The summed E-state index contributed by atoms with van der Waals surface area (Å²) in [4.78, 5) is 3.27. The Balaban J connectivity index is 1.47. The zero-order valence-corrected chi connectivity index (χ0v) is 17.3. The molecule has 0 aliphatic heterocycles. The molecule has 2 aromatic heterocycles. The van der Waals surface area contributed by atoms with Gasteiger partial charge < -0.3 is 10.6 Å². The lowest BCUT2D eigenvalue weighted by Crippen LogP contribution is -2.09. The minimum Gasteiger partial charge on any atom is -0.379 e. The third-order valence-electron chi connectivity index (χ3n) is 4.42. The van der Waals surface area contributed by atoms with Gasteiger partial charge >= 0.3 is 6.18 Å². The summed E-state index contributed by atoms with van der Waals surface area (Å²) >= 11 is 5.68. The number of alkyl halides is 3. The van der Waals surface area contributed by atoms with E-state index in [4.69, 9.17) is 11.6 Å². The summed E-state index contributed by atoms with van der Waals surface area (Å²) in [6.45, 7) is 0.0735. The van der Waals surface area contributed by atoms with Gasteiger partial charge in [-0.1, -0.05) is 22.9 Å². The Hall–Kier alpha value is -3.73. The van der Waals surface area contributed by atoms with E-state index in [0.717, 1.165) is 24.3 Å². The fraction of sp³-hybridized carbons (Fsp3) is 0.0952. The van der Waals surface area contributed by atoms with Gasteiger partial charge in [-0.3, -0.25) is 0 Å². The largest absolute Gasteiger partial charge is 0.433 e. The molecular weight excluding hydrogens is 467 g/mol. The van der Waals surface area contributed by atoms with Gasteiger partial charge in [-0.15, -0.1) is 5.10 Å². The summed E-state index contributed by atoms with van der Waals surface area (Å²) in [5.74, 6) is -1.19. The van der Waals surface area contributed by atoms with E-state index in [-0.39, 0.29) is 23.1 Å². The van der Waals surface area contributed by atoms with E-state index in [1.807, 2.05) is 0 Å². The van der Waals surface area contributed by atoms with Gasteiger partial charge in [-0.05, 0) is 42.5 Å². The molecule has 2 N–H and O–H groups in total. The number of hydrogen-bond donors (Lipinski definition) is 2. The van der Waals surface area contributed by atoms with Crippen molar-refractivity contribution in [2.75, 3.05) is 10.6 Å². The Morgan fingerprint density at radius 1 is 0.970 bits per heavy atom. The van der Waals surface area contributed by atoms with Crippen molar-refractivity contribution in [2.24, 2.45) is 0 Å². The van der Waals surface area contributed by atoms with E-state index in [0.29, 0.717) is 17.1 Å². The molecule has 0 saturated heterocycles. The number of halogens is 6. The normalized spacial score (nSPS) is 11.5. The van der Waals surface area contributed by atoms with Crippen LogP contribution in [0.5, 0.6) is 0 Å². The minimum atomic E-state index is -4.63. The van der Waals surface area contributed by atoms with Gasteiger partial charge in [0.15, 0.2) is 0 Å². The molecule has 2 heterocycles. The van der Waals surface area contributed by atoms with Crippen LogP contribution in [0.15, 0.2) is 60.8 Å². The predicted octanol–water partition coefficient (Wildman–Crippen LogP) is 5.97. The minimum absolute atomic E-state index is 0.0233. The maximum atomic E-state index is 13.9. The van der Waals surface area contributed by atoms with Gasteiger partial charge in [0, 0.05) is 17.4 Å².